The zero-order valence-corrected chi connectivity index (χ0v) is 22.2. The molecule has 13 nitrogen and oxygen atoms in total. The fourth-order valence-corrected chi connectivity index (χ4v) is 4.35. The summed E-state index contributed by atoms with van der Waals surface area (Å²) in [4.78, 5) is 45.5. The van der Waals surface area contributed by atoms with E-state index in [1.165, 1.54) is 61.1 Å². The van der Waals surface area contributed by atoms with Crippen molar-refractivity contribution in [2.75, 3.05) is 17.3 Å². The van der Waals surface area contributed by atoms with E-state index in [1.54, 1.807) is 6.92 Å². The van der Waals surface area contributed by atoms with Crippen molar-refractivity contribution in [3.63, 3.8) is 0 Å². The molecule has 0 radical (unpaired) electrons. The Kier molecular flexibility index (Phi) is 6.94. The van der Waals surface area contributed by atoms with Crippen molar-refractivity contribution in [2.45, 2.75) is 45.9 Å². The van der Waals surface area contributed by atoms with Crippen LogP contribution in [0.3, 0.4) is 0 Å². The van der Waals surface area contributed by atoms with Gasteiger partial charge < -0.3 is 24.4 Å². The highest BCUT2D eigenvalue weighted by molar-refractivity contribution is 6.01. The number of aliphatic hydroxyl groups excluding tert-OH is 1. The van der Waals surface area contributed by atoms with E-state index in [9.17, 15) is 27.9 Å². The number of pyridine rings is 2. The third kappa shape index (κ3) is 5.20. The molecule has 0 saturated carbocycles. The second-order valence-corrected chi connectivity index (χ2v) is 9.38. The summed E-state index contributed by atoms with van der Waals surface area (Å²) >= 11 is 0. The summed E-state index contributed by atoms with van der Waals surface area (Å²) < 4.78 is 46.5. The first-order valence-electron chi connectivity index (χ1n) is 12.2. The molecule has 1 aliphatic heterocycles. The Hall–Kier alpha value is -4.86. The van der Waals surface area contributed by atoms with Gasteiger partial charge in [-0.05, 0) is 39.0 Å². The molecule has 4 aromatic heterocycles. The van der Waals surface area contributed by atoms with E-state index >= 15 is 0 Å². The van der Waals surface area contributed by atoms with Gasteiger partial charge in [0.2, 0.25) is 18.1 Å². The van der Waals surface area contributed by atoms with Gasteiger partial charge in [0.15, 0.2) is 17.3 Å². The number of aromatic nitrogens is 6. The van der Waals surface area contributed by atoms with Gasteiger partial charge in [0.1, 0.15) is 18.4 Å². The van der Waals surface area contributed by atoms with Crippen molar-refractivity contribution >= 4 is 23.5 Å². The molecular formula is C25H24F3N9O4. The average molecular weight is 572 g/mol. The summed E-state index contributed by atoms with van der Waals surface area (Å²) in [7, 11) is 1.53. The first kappa shape index (κ1) is 27.7. The lowest BCUT2D eigenvalue weighted by molar-refractivity contribution is -0.138. The van der Waals surface area contributed by atoms with Gasteiger partial charge in [-0.1, -0.05) is 11.2 Å². The van der Waals surface area contributed by atoms with E-state index in [0.717, 1.165) is 11.0 Å². The first-order valence-corrected chi connectivity index (χ1v) is 12.2. The lowest BCUT2D eigenvalue weighted by Crippen LogP contribution is -2.54. The highest BCUT2D eigenvalue weighted by Crippen LogP contribution is 2.34. The Morgan fingerprint density at radius 2 is 1.98 bits per heavy atom. The van der Waals surface area contributed by atoms with E-state index in [4.69, 9.17) is 4.52 Å². The number of aryl methyl sites for hydroxylation is 2. The number of fused-ring (bicyclic) bond motifs is 1. The monoisotopic (exact) mass is 571 g/mol. The minimum Gasteiger partial charge on any atom is -0.356 e. The molecule has 0 bridgehead atoms. The van der Waals surface area contributed by atoms with E-state index in [2.05, 4.69) is 30.4 Å². The van der Waals surface area contributed by atoms with Crippen LogP contribution in [0.25, 0.3) is 11.3 Å². The summed E-state index contributed by atoms with van der Waals surface area (Å²) in [6.45, 7) is 4.23. The standard InChI is InChI=1S/C25H24F3N9O4/c1-12-16(25(26,27)28)8-15(9-29-12)17-6-5-7-18(32-17)33-22(38)13(2)37-11-30-21-20(37)23(39)36(24(40)35(21)4)10-19-31-14(3)34-41-19/h5-9,11,13,24,40H,10H2,1-4H3,(H,32,33,38)/t13-,24?/m0/s1. The first-order chi connectivity index (χ1) is 19.3. The Labute approximate surface area is 230 Å². The van der Waals surface area contributed by atoms with Gasteiger partial charge in [0.25, 0.3) is 5.91 Å². The second-order valence-electron chi connectivity index (χ2n) is 9.38. The van der Waals surface area contributed by atoms with Crippen LogP contribution in [0.5, 0.6) is 0 Å². The number of rotatable bonds is 6. The lowest BCUT2D eigenvalue weighted by atomic mass is 10.1. The number of halogens is 3. The minimum atomic E-state index is -4.58. The Bertz CT molecular complexity index is 1630. The third-order valence-electron chi connectivity index (χ3n) is 6.56. The Balaban J connectivity index is 1.38. The van der Waals surface area contributed by atoms with Crippen LogP contribution in [0.1, 0.15) is 46.4 Å². The molecule has 1 unspecified atom stereocenters. The Morgan fingerprint density at radius 3 is 2.66 bits per heavy atom. The van der Waals surface area contributed by atoms with Gasteiger partial charge in [0, 0.05) is 24.5 Å². The predicted octanol–water partition coefficient (Wildman–Crippen LogP) is 2.93. The summed E-state index contributed by atoms with van der Waals surface area (Å²) in [6.07, 6.45) is -3.39. The zero-order chi connectivity index (χ0) is 29.6. The molecule has 2 N–H and O–H groups in total. The highest BCUT2D eigenvalue weighted by atomic mass is 19.4. The van der Waals surface area contributed by atoms with Crippen molar-refractivity contribution in [3.05, 3.63) is 65.5 Å². The van der Waals surface area contributed by atoms with Crippen molar-refractivity contribution in [2.24, 2.45) is 0 Å². The van der Waals surface area contributed by atoms with Gasteiger partial charge in [-0.3, -0.25) is 19.5 Å². The van der Waals surface area contributed by atoms with Crippen LogP contribution < -0.4 is 10.2 Å². The van der Waals surface area contributed by atoms with Crippen LogP contribution in [-0.4, -0.2) is 64.9 Å². The normalized spacial score (nSPS) is 16.1. The van der Waals surface area contributed by atoms with E-state index in [1.807, 2.05) is 0 Å². The van der Waals surface area contributed by atoms with Crippen LogP contribution in [0.4, 0.5) is 24.8 Å². The van der Waals surface area contributed by atoms with Gasteiger partial charge >= 0.3 is 6.18 Å². The third-order valence-corrected chi connectivity index (χ3v) is 6.56. The van der Waals surface area contributed by atoms with E-state index in [0.29, 0.717) is 5.82 Å². The number of hydrogen-bond acceptors (Lipinski definition) is 10. The molecular weight excluding hydrogens is 547 g/mol. The summed E-state index contributed by atoms with van der Waals surface area (Å²) in [5.74, 6) is -0.483. The minimum absolute atomic E-state index is 0.0452. The highest BCUT2D eigenvalue weighted by Gasteiger charge is 2.40. The molecule has 0 aromatic carbocycles. The predicted molar refractivity (Wildman–Crippen MR) is 136 cm³/mol. The quantitative estimate of drug-likeness (QED) is 0.353. The summed E-state index contributed by atoms with van der Waals surface area (Å²) in [5.41, 5.74) is -0.705. The maximum Gasteiger partial charge on any atom is 0.418 e. The smallest absolute Gasteiger partial charge is 0.356 e. The van der Waals surface area contributed by atoms with Gasteiger partial charge in [0.05, 0.1) is 17.6 Å². The van der Waals surface area contributed by atoms with Crippen LogP contribution in [-0.2, 0) is 17.5 Å². The van der Waals surface area contributed by atoms with E-state index < -0.39 is 35.9 Å². The maximum atomic E-state index is 13.4. The number of amides is 2. The number of aliphatic hydroxyl groups is 1. The van der Waals surface area contributed by atoms with Crippen molar-refractivity contribution in [1.29, 1.82) is 0 Å². The fourth-order valence-electron chi connectivity index (χ4n) is 4.35. The molecule has 5 rings (SSSR count). The largest absolute Gasteiger partial charge is 0.418 e. The maximum absolute atomic E-state index is 13.4. The topological polar surface area (TPSA) is 155 Å². The molecule has 1 aliphatic rings. The number of carbonyl (C=O) groups excluding carboxylic acids is 2. The van der Waals surface area contributed by atoms with Crippen molar-refractivity contribution in [1.82, 2.24) is 34.6 Å². The fraction of sp³-hybridized carbons (Fsp3) is 0.320. The molecule has 0 fully saturated rings. The van der Waals surface area contributed by atoms with E-state index in [-0.39, 0.29) is 46.7 Å². The molecule has 214 valence electrons. The second kappa shape index (κ2) is 10.3. The molecule has 5 heterocycles. The van der Waals surface area contributed by atoms with Crippen molar-refractivity contribution < 1.29 is 32.4 Å². The number of alkyl halides is 3. The molecule has 4 aromatic rings. The molecule has 16 heteroatoms. The lowest BCUT2D eigenvalue weighted by Gasteiger charge is -2.38. The molecule has 41 heavy (non-hydrogen) atoms. The zero-order valence-electron chi connectivity index (χ0n) is 22.2. The number of nitrogens with one attached hydrogen (secondary N) is 1. The molecule has 0 spiro atoms. The Morgan fingerprint density at radius 1 is 1.22 bits per heavy atom. The van der Waals surface area contributed by atoms with Crippen molar-refractivity contribution in [3.8, 4) is 11.3 Å². The average Bonchev–Trinajstić information content (AvgIpc) is 3.55. The molecule has 2 amide bonds. The van der Waals surface area contributed by atoms with Crippen LogP contribution in [0, 0.1) is 13.8 Å². The number of imidazole rings is 1. The number of carbonyl (C=O) groups is 2. The SMILES string of the molecule is Cc1noc(CN2C(=O)c3c(ncn3[C@@H](C)C(=O)Nc3cccc(-c4cnc(C)c(C(F)(F)F)c4)n3)N(C)C2O)n1. The summed E-state index contributed by atoms with van der Waals surface area (Å²) in [5, 5.41) is 17.0. The molecule has 0 aliphatic carbocycles. The van der Waals surface area contributed by atoms with Gasteiger partial charge in [-0.2, -0.15) is 18.2 Å². The van der Waals surface area contributed by atoms with Gasteiger partial charge in [-0.15, -0.1) is 0 Å². The van der Waals surface area contributed by atoms with Gasteiger partial charge in [-0.25, -0.2) is 9.97 Å². The number of hydrogen-bond donors (Lipinski definition) is 2. The van der Waals surface area contributed by atoms with Crippen LogP contribution in [0.2, 0.25) is 0 Å². The molecule has 0 saturated heterocycles. The number of anilines is 2. The summed E-state index contributed by atoms with van der Waals surface area (Å²) in [6, 6.07) is 4.49. The van der Waals surface area contributed by atoms with Crippen LogP contribution in [0.15, 0.2) is 41.3 Å². The number of nitrogens with zero attached hydrogens (tertiary/aromatic N) is 8. The van der Waals surface area contributed by atoms with Crippen LogP contribution >= 0.6 is 0 Å². The molecule has 2 atom stereocenters.